The predicted molar refractivity (Wildman–Crippen MR) is 141 cm³/mol. The summed E-state index contributed by atoms with van der Waals surface area (Å²) >= 11 is 6.69. The fraction of sp³-hybridized carbons (Fsp3) is 0.280. The Hall–Kier alpha value is -3.17. The van der Waals surface area contributed by atoms with E-state index in [0.29, 0.717) is 45.3 Å². The van der Waals surface area contributed by atoms with Gasteiger partial charge in [-0.1, -0.05) is 56.0 Å². The Kier molecular flexibility index (Phi) is 7.04. The number of hydrogen-bond acceptors (Lipinski definition) is 7. The first-order valence-electron chi connectivity index (χ1n) is 10.9. The number of benzene rings is 1. The van der Waals surface area contributed by atoms with Crippen LogP contribution in [0, 0.1) is 12.8 Å². The van der Waals surface area contributed by atoms with E-state index in [-0.39, 0.29) is 11.5 Å². The number of carbonyl (C=O) groups is 1. The smallest absolute Gasteiger partial charge is 0.267 e. The van der Waals surface area contributed by atoms with E-state index in [2.05, 4.69) is 24.1 Å². The summed E-state index contributed by atoms with van der Waals surface area (Å²) in [4.78, 5) is 33.3. The molecule has 0 spiro atoms. The van der Waals surface area contributed by atoms with Gasteiger partial charge >= 0.3 is 0 Å². The molecule has 0 unspecified atom stereocenters. The number of carbonyl (C=O) groups excluding carboxylic acids is 1. The number of thiocarbonyl (C=S) groups is 1. The number of anilines is 1. The van der Waals surface area contributed by atoms with Crippen molar-refractivity contribution in [1.29, 1.82) is 0 Å². The first-order chi connectivity index (χ1) is 16.3. The number of thioether (sulfide) groups is 1. The summed E-state index contributed by atoms with van der Waals surface area (Å²) in [6, 6.07) is 11.2. The first-order valence-corrected chi connectivity index (χ1v) is 12.1. The van der Waals surface area contributed by atoms with E-state index in [4.69, 9.17) is 17.0 Å². The van der Waals surface area contributed by atoms with Crippen LogP contribution in [0.1, 0.15) is 30.5 Å². The first kappa shape index (κ1) is 24.0. The maximum atomic E-state index is 13.4. The number of aromatic nitrogens is 2. The lowest BCUT2D eigenvalue weighted by molar-refractivity contribution is -0.122. The number of amides is 1. The van der Waals surface area contributed by atoms with Crippen LogP contribution >= 0.6 is 24.0 Å². The number of hydrogen-bond donors (Lipinski definition) is 1. The van der Waals surface area contributed by atoms with Crippen LogP contribution in [-0.4, -0.2) is 38.2 Å². The molecule has 1 saturated heterocycles. The van der Waals surface area contributed by atoms with Crippen molar-refractivity contribution in [3.8, 4) is 5.75 Å². The molecular formula is C25H26N4O3S2. The van der Waals surface area contributed by atoms with Crippen molar-refractivity contribution in [2.75, 3.05) is 19.0 Å². The number of nitrogens with one attached hydrogen (secondary N) is 1. The largest absolute Gasteiger partial charge is 0.497 e. The van der Waals surface area contributed by atoms with E-state index in [1.54, 1.807) is 24.3 Å². The minimum absolute atomic E-state index is 0.227. The lowest BCUT2D eigenvalue weighted by Gasteiger charge is -2.15. The number of pyridine rings is 1. The van der Waals surface area contributed by atoms with Crippen LogP contribution in [0.4, 0.5) is 5.82 Å². The average Bonchev–Trinajstić information content (AvgIpc) is 3.08. The van der Waals surface area contributed by atoms with Gasteiger partial charge in [-0.2, -0.15) is 0 Å². The summed E-state index contributed by atoms with van der Waals surface area (Å²) in [6.07, 6.45) is 3.36. The number of aryl methyl sites for hydroxylation is 1. The topological polar surface area (TPSA) is 75.9 Å². The van der Waals surface area contributed by atoms with Gasteiger partial charge in [-0.15, -0.1) is 0 Å². The van der Waals surface area contributed by atoms with Crippen LogP contribution in [0.3, 0.4) is 0 Å². The summed E-state index contributed by atoms with van der Waals surface area (Å²) in [7, 11) is 1.61. The average molecular weight is 495 g/mol. The van der Waals surface area contributed by atoms with Crippen molar-refractivity contribution in [2.45, 2.75) is 27.3 Å². The minimum atomic E-state index is -0.236. The Balaban J connectivity index is 1.71. The molecule has 1 fully saturated rings. The number of fused-ring (bicyclic) bond motifs is 1. The summed E-state index contributed by atoms with van der Waals surface area (Å²) in [6.45, 7) is 7.07. The van der Waals surface area contributed by atoms with Crippen LogP contribution in [0.25, 0.3) is 11.7 Å². The molecule has 1 aliphatic rings. The standard InChI is InChI=1S/C25H26N4O3S2/c1-15(2)12-26-22-19(23(30)28-13-16(3)5-10-21(28)27-22)11-20-24(31)29(25(33)34-20)14-17-6-8-18(32-4)9-7-17/h5-11,13,15,26H,12,14H2,1-4H3/b20-11+. The molecule has 1 amide bonds. The molecule has 9 heteroatoms. The van der Waals surface area contributed by atoms with Crippen LogP contribution in [-0.2, 0) is 11.3 Å². The molecule has 0 atom stereocenters. The molecule has 7 nitrogen and oxygen atoms in total. The monoisotopic (exact) mass is 494 g/mol. The van der Waals surface area contributed by atoms with E-state index in [9.17, 15) is 9.59 Å². The molecule has 176 valence electrons. The van der Waals surface area contributed by atoms with Gasteiger partial charge < -0.3 is 10.1 Å². The van der Waals surface area contributed by atoms with E-state index >= 15 is 0 Å². The highest BCUT2D eigenvalue weighted by Crippen LogP contribution is 2.34. The Morgan fingerprint density at radius 1 is 1.18 bits per heavy atom. The van der Waals surface area contributed by atoms with Gasteiger partial charge in [-0.25, -0.2) is 4.98 Å². The van der Waals surface area contributed by atoms with E-state index in [1.807, 2.05) is 43.3 Å². The van der Waals surface area contributed by atoms with E-state index < -0.39 is 0 Å². The van der Waals surface area contributed by atoms with Crippen molar-refractivity contribution < 1.29 is 9.53 Å². The van der Waals surface area contributed by atoms with Crippen LogP contribution in [0.2, 0.25) is 0 Å². The lowest BCUT2D eigenvalue weighted by Crippen LogP contribution is -2.27. The second kappa shape index (κ2) is 9.99. The molecular weight excluding hydrogens is 468 g/mol. The van der Waals surface area contributed by atoms with Crippen LogP contribution in [0.15, 0.2) is 52.3 Å². The van der Waals surface area contributed by atoms with Gasteiger partial charge in [-0.3, -0.25) is 18.9 Å². The molecule has 3 heterocycles. The normalized spacial score (nSPS) is 15.1. The highest BCUT2D eigenvalue weighted by Gasteiger charge is 2.32. The number of nitrogens with zero attached hydrogens (tertiary/aromatic N) is 3. The van der Waals surface area contributed by atoms with Gasteiger partial charge in [0.25, 0.3) is 11.5 Å². The zero-order valence-corrected chi connectivity index (χ0v) is 21.1. The zero-order chi connectivity index (χ0) is 24.4. The molecule has 34 heavy (non-hydrogen) atoms. The molecule has 0 saturated carbocycles. The molecule has 0 bridgehead atoms. The van der Waals surface area contributed by atoms with Crippen molar-refractivity contribution >= 4 is 51.7 Å². The summed E-state index contributed by atoms with van der Waals surface area (Å²) < 4.78 is 7.16. The molecule has 2 aromatic heterocycles. The Labute approximate surface area is 207 Å². The van der Waals surface area contributed by atoms with Gasteiger partial charge in [0, 0.05) is 12.7 Å². The third-order valence-corrected chi connectivity index (χ3v) is 6.71. The molecule has 0 radical (unpaired) electrons. The van der Waals surface area contributed by atoms with Gasteiger partial charge in [0.15, 0.2) is 0 Å². The van der Waals surface area contributed by atoms with E-state index in [0.717, 1.165) is 16.9 Å². The number of ether oxygens (including phenoxy) is 1. The lowest BCUT2D eigenvalue weighted by atomic mass is 10.2. The van der Waals surface area contributed by atoms with E-state index in [1.165, 1.54) is 16.2 Å². The second-order valence-electron chi connectivity index (χ2n) is 8.50. The Bertz CT molecular complexity index is 1350. The zero-order valence-electron chi connectivity index (χ0n) is 19.5. The maximum absolute atomic E-state index is 13.4. The fourth-order valence-electron chi connectivity index (χ4n) is 3.51. The SMILES string of the molecule is COc1ccc(CN2C(=O)/C(=C\c3c(NCC(C)C)nc4ccc(C)cn4c3=O)SC2=S)cc1. The quantitative estimate of drug-likeness (QED) is 0.383. The van der Waals surface area contributed by atoms with Crippen molar-refractivity contribution in [2.24, 2.45) is 5.92 Å². The third kappa shape index (κ3) is 5.00. The van der Waals surface area contributed by atoms with Gasteiger partial charge in [0.2, 0.25) is 0 Å². The number of methoxy groups -OCH3 is 1. The van der Waals surface area contributed by atoms with Crippen molar-refractivity contribution in [1.82, 2.24) is 14.3 Å². The molecule has 1 N–H and O–H groups in total. The minimum Gasteiger partial charge on any atom is -0.497 e. The highest BCUT2D eigenvalue weighted by molar-refractivity contribution is 8.26. The molecule has 4 rings (SSSR count). The second-order valence-corrected chi connectivity index (χ2v) is 10.2. The Morgan fingerprint density at radius 2 is 1.91 bits per heavy atom. The molecule has 3 aromatic rings. The molecule has 1 aromatic carbocycles. The third-order valence-electron chi connectivity index (χ3n) is 5.33. The number of rotatable bonds is 7. The van der Waals surface area contributed by atoms with Crippen molar-refractivity contribution in [3.63, 3.8) is 0 Å². The fourth-order valence-corrected chi connectivity index (χ4v) is 4.74. The van der Waals surface area contributed by atoms with Crippen LogP contribution < -0.4 is 15.6 Å². The summed E-state index contributed by atoms with van der Waals surface area (Å²) in [5, 5.41) is 3.27. The van der Waals surface area contributed by atoms with Crippen molar-refractivity contribution in [3.05, 3.63) is 74.5 Å². The maximum Gasteiger partial charge on any atom is 0.267 e. The van der Waals surface area contributed by atoms with Gasteiger partial charge in [0.05, 0.1) is 24.1 Å². The molecule has 1 aliphatic heterocycles. The summed E-state index contributed by atoms with van der Waals surface area (Å²) in [5.41, 5.74) is 2.52. The molecule has 0 aliphatic carbocycles. The van der Waals surface area contributed by atoms with Crippen LogP contribution in [0.5, 0.6) is 5.75 Å². The Morgan fingerprint density at radius 3 is 2.59 bits per heavy atom. The van der Waals surface area contributed by atoms with Gasteiger partial charge in [-0.05, 0) is 48.2 Å². The summed E-state index contributed by atoms with van der Waals surface area (Å²) in [5.74, 6) is 1.33. The predicted octanol–water partition coefficient (Wildman–Crippen LogP) is 4.48. The highest BCUT2D eigenvalue weighted by atomic mass is 32.2. The van der Waals surface area contributed by atoms with Gasteiger partial charge in [0.1, 0.15) is 21.5 Å².